The third-order valence-electron chi connectivity index (χ3n) is 11.6. The summed E-state index contributed by atoms with van der Waals surface area (Å²) in [6, 6.07) is 14.0. The Morgan fingerprint density at radius 3 is 2.33 bits per heavy atom. The lowest BCUT2D eigenvalue weighted by atomic mass is 9.96. The summed E-state index contributed by atoms with van der Waals surface area (Å²) in [5.41, 5.74) is 4.46. The molecule has 1 aliphatic heterocycles. The van der Waals surface area contributed by atoms with Crippen molar-refractivity contribution in [2.75, 3.05) is 66.0 Å². The van der Waals surface area contributed by atoms with Crippen molar-refractivity contribution in [1.29, 1.82) is 0 Å². The number of aliphatic hydroxyl groups excluding tert-OH is 5. The van der Waals surface area contributed by atoms with Gasteiger partial charge in [-0.3, -0.25) is 24.4 Å². The summed E-state index contributed by atoms with van der Waals surface area (Å²) in [6.07, 6.45) is 3.95. The summed E-state index contributed by atoms with van der Waals surface area (Å²) in [6.45, 7) is 3.39. The molecular formula is C44H59Cl2N5O9. The van der Waals surface area contributed by atoms with Gasteiger partial charge in [0, 0.05) is 92.8 Å². The van der Waals surface area contributed by atoms with E-state index in [4.69, 9.17) is 37.8 Å². The van der Waals surface area contributed by atoms with E-state index >= 15 is 0 Å². The number of carbonyl (C=O) groups excluding carboxylic acids is 2. The molecule has 14 nitrogen and oxygen atoms in total. The molecule has 2 aromatic carbocycles. The number of pyridine rings is 1. The van der Waals surface area contributed by atoms with Crippen LogP contribution in [0.2, 0.25) is 10.0 Å². The topological polar surface area (TPSA) is 188 Å². The largest absolute Gasteiger partial charge is 0.490 e. The third-order valence-corrected chi connectivity index (χ3v) is 12.3. The minimum Gasteiger partial charge on any atom is -0.490 e. The first-order chi connectivity index (χ1) is 28.9. The molecule has 1 saturated heterocycles. The van der Waals surface area contributed by atoms with Crippen molar-refractivity contribution in [3.05, 3.63) is 81.6 Å². The number of ether oxygens (including phenoxy) is 2. The maximum absolute atomic E-state index is 12.7. The zero-order chi connectivity index (χ0) is 42.8. The van der Waals surface area contributed by atoms with E-state index < -0.39 is 36.6 Å². The molecule has 0 unspecified atom stereocenters. The molecule has 0 bridgehead atoms. The third kappa shape index (κ3) is 12.6. The molecule has 328 valence electrons. The number of hydrogen-bond donors (Lipinski definition) is 6. The van der Waals surface area contributed by atoms with Crippen LogP contribution in [0.4, 0.5) is 0 Å². The predicted molar refractivity (Wildman–Crippen MR) is 228 cm³/mol. The number of amides is 2. The quantitative estimate of drug-likeness (QED) is 0.0766. The Hall–Kier alpha value is -3.41. The zero-order valence-corrected chi connectivity index (χ0v) is 35.7. The Morgan fingerprint density at radius 1 is 0.933 bits per heavy atom. The summed E-state index contributed by atoms with van der Waals surface area (Å²) in [5.74, 6) is 0.616. The normalized spacial score (nSPS) is 18.7. The number of unbranched alkanes of at least 4 members (excludes halogenated alkanes) is 1. The summed E-state index contributed by atoms with van der Waals surface area (Å²) < 4.78 is 12.9. The van der Waals surface area contributed by atoms with Gasteiger partial charge in [0.1, 0.15) is 30.2 Å². The predicted octanol–water partition coefficient (Wildman–Crippen LogP) is 3.14. The molecule has 0 radical (unpaired) electrons. The second-order valence-corrected chi connectivity index (χ2v) is 17.1. The Morgan fingerprint density at radius 2 is 1.62 bits per heavy atom. The van der Waals surface area contributed by atoms with Crippen molar-refractivity contribution in [1.82, 2.24) is 25.0 Å². The number of nitrogens with zero attached hydrogens (tertiary/aromatic N) is 4. The van der Waals surface area contributed by atoms with Crippen molar-refractivity contribution in [2.24, 2.45) is 0 Å². The van der Waals surface area contributed by atoms with E-state index in [0.717, 1.165) is 78.8 Å². The van der Waals surface area contributed by atoms with Gasteiger partial charge >= 0.3 is 0 Å². The number of aryl methyl sites for hydroxylation is 1. The fourth-order valence-electron chi connectivity index (χ4n) is 7.48. The molecule has 2 heterocycles. The van der Waals surface area contributed by atoms with Gasteiger partial charge < -0.3 is 45.2 Å². The van der Waals surface area contributed by atoms with Crippen LogP contribution in [0, 0.1) is 0 Å². The Bertz CT molecular complexity index is 1890. The van der Waals surface area contributed by atoms with E-state index in [1.807, 2.05) is 53.7 Å². The number of rotatable bonds is 23. The summed E-state index contributed by atoms with van der Waals surface area (Å²) in [7, 11) is 1.49. The van der Waals surface area contributed by atoms with Crippen LogP contribution in [0.3, 0.4) is 0 Å². The molecule has 3 fully saturated rings. The molecule has 2 amide bonds. The summed E-state index contributed by atoms with van der Waals surface area (Å²) in [4.78, 5) is 35.3. The Kier molecular flexibility index (Phi) is 16.6. The fraction of sp³-hybridized carbons (Fsp3) is 0.568. The molecule has 6 rings (SSSR count). The number of aliphatic hydroxyl groups is 5. The number of likely N-dealkylation sites (N-methyl/N-ethyl adjacent to an activating group) is 1. The fourth-order valence-corrected chi connectivity index (χ4v) is 8.00. The smallest absolute Gasteiger partial charge is 0.236 e. The standard InChI is InChI=1S/C44H59Cl2N5O9/c1-49(25-37(53)42(57)43(58)38(54)27-52)41(56)26-51-20-18-50(19-21-51)17-16-48-40(55)9-5-2-6-29-22-36(46)30(23-35(29)45)28-59-44(13-14-44)34-24-47-15-12-32(34)33-7-3-4-8-39(33)60-31-10-11-31/h3-4,7-8,12,15,22-24,31,37-38,42-43,52-54,57-58H,2,5-6,9-11,13-14,16-21,25-28H2,1H3,(H,48,55)/t37-,38+,42+,43+/m0/s1. The molecule has 4 atom stereocenters. The molecule has 0 spiro atoms. The van der Waals surface area contributed by atoms with E-state index in [1.165, 1.54) is 11.9 Å². The molecule has 3 aromatic rings. The number of halogens is 2. The SMILES string of the molecule is CN(C[C@H](O)[C@@H](O)[C@H](O)[C@H](O)CO)C(=O)CN1CCN(CCNC(=O)CCCCc2cc(Cl)c(COC3(c4cnccc4-c4ccccc4OC4CC4)CC3)cc2Cl)CC1. The van der Waals surface area contributed by atoms with Gasteiger partial charge in [-0.1, -0.05) is 41.4 Å². The van der Waals surface area contributed by atoms with E-state index in [-0.39, 0.29) is 31.0 Å². The second-order valence-electron chi connectivity index (χ2n) is 16.3. The highest BCUT2D eigenvalue weighted by Crippen LogP contribution is 2.53. The minimum atomic E-state index is -1.75. The lowest BCUT2D eigenvalue weighted by Gasteiger charge is -2.35. The van der Waals surface area contributed by atoms with Gasteiger partial charge in [-0.25, -0.2) is 0 Å². The van der Waals surface area contributed by atoms with Crippen LogP contribution in [-0.4, -0.2) is 154 Å². The average molecular weight is 873 g/mol. The molecule has 16 heteroatoms. The molecule has 2 saturated carbocycles. The van der Waals surface area contributed by atoms with E-state index in [1.54, 1.807) is 0 Å². The van der Waals surface area contributed by atoms with Crippen LogP contribution in [0.25, 0.3) is 11.1 Å². The molecule has 3 aliphatic rings. The Balaban J connectivity index is 0.866. The highest BCUT2D eigenvalue weighted by atomic mass is 35.5. The van der Waals surface area contributed by atoms with Crippen molar-refractivity contribution in [3.63, 3.8) is 0 Å². The first kappa shape index (κ1) is 46.1. The lowest BCUT2D eigenvalue weighted by Crippen LogP contribution is -2.53. The summed E-state index contributed by atoms with van der Waals surface area (Å²) in [5, 5.41) is 52.7. The van der Waals surface area contributed by atoms with Crippen LogP contribution in [0.5, 0.6) is 5.75 Å². The summed E-state index contributed by atoms with van der Waals surface area (Å²) >= 11 is 13.5. The number of carbonyl (C=O) groups is 2. The van der Waals surface area contributed by atoms with Crippen LogP contribution in [0.1, 0.15) is 61.6 Å². The van der Waals surface area contributed by atoms with Crippen LogP contribution < -0.4 is 10.1 Å². The first-order valence-electron chi connectivity index (χ1n) is 21.0. The lowest BCUT2D eigenvalue weighted by molar-refractivity contribution is -0.139. The Labute approximate surface area is 362 Å². The molecule has 6 N–H and O–H groups in total. The van der Waals surface area contributed by atoms with E-state index in [2.05, 4.69) is 21.3 Å². The number of para-hydroxylation sites is 1. The van der Waals surface area contributed by atoms with Gasteiger partial charge in [-0.15, -0.1) is 0 Å². The highest BCUT2D eigenvalue weighted by molar-refractivity contribution is 6.34. The van der Waals surface area contributed by atoms with E-state index in [0.29, 0.717) is 62.1 Å². The molecule has 1 aromatic heterocycles. The monoisotopic (exact) mass is 871 g/mol. The highest BCUT2D eigenvalue weighted by Gasteiger charge is 2.48. The number of piperazine rings is 1. The van der Waals surface area contributed by atoms with Gasteiger partial charge in [0.15, 0.2) is 0 Å². The van der Waals surface area contributed by atoms with Crippen molar-refractivity contribution < 1.29 is 44.6 Å². The maximum atomic E-state index is 12.7. The maximum Gasteiger partial charge on any atom is 0.236 e. The van der Waals surface area contributed by atoms with Gasteiger partial charge in [-0.2, -0.15) is 0 Å². The van der Waals surface area contributed by atoms with Crippen LogP contribution in [0.15, 0.2) is 54.9 Å². The second kappa shape index (κ2) is 21.6. The number of hydrogen-bond acceptors (Lipinski definition) is 12. The number of benzene rings is 2. The van der Waals surface area contributed by atoms with Crippen molar-refractivity contribution in [3.8, 4) is 16.9 Å². The first-order valence-corrected chi connectivity index (χ1v) is 21.7. The van der Waals surface area contributed by atoms with Gasteiger partial charge in [-0.05, 0) is 85.9 Å². The van der Waals surface area contributed by atoms with Gasteiger partial charge in [0.2, 0.25) is 11.8 Å². The molecule has 2 aliphatic carbocycles. The zero-order valence-electron chi connectivity index (χ0n) is 34.2. The van der Waals surface area contributed by atoms with Gasteiger partial charge in [0.25, 0.3) is 0 Å². The van der Waals surface area contributed by atoms with E-state index in [9.17, 15) is 30.0 Å². The molecular weight excluding hydrogens is 813 g/mol. The number of aromatic nitrogens is 1. The van der Waals surface area contributed by atoms with Crippen molar-refractivity contribution in [2.45, 2.75) is 94.1 Å². The van der Waals surface area contributed by atoms with Crippen LogP contribution >= 0.6 is 23.2 Å². The minimum absolute atomic E-state index is 0.00528. The number of nitrogens with one attached hydrogen (secondary N) is 1. The molecule has 60 heavy (non-hydrogen) atoms. The van der Waals surface area contributed by atoms with Gasteiger partial charge in [0.05, 0.1) is 31.5 Å². The van der Waals surface area contributed by atoms with Crippen molar-refractivity contribution >= 4 is 35.0 Å². The van der Waals surface area contributed by atoms with Crippen LogP contribution in [-0.2, 0) is 33.0 Å². The average Bonchev–Trinajstić information content (AvgIpc) is 4.20.